The summed E-state index contributed by atoms with van der Waals surface area (Å²) in [6.07, 6.45) is 0. The zero-order chi connectivity index (χ0) is 12.3. The van der Waals surface area contributed by atoms with Crippen molar-refractivity contribution in [2.24, 2.45) is 0 Å². The van der Waals surface area contributed by atoms with Gasteiger partial charge in [-0.05, 0) is 55.5 Å². The van der Waals surface area contributed by atoms with Crippen LogP contribution in [0.4, 0.5) is 0 Å². The van der Waals surface area contributed by atoms with Gasteiger partial charge in [0.15, 0.2) is 0 Å². The molecule has 1 rings (SSSR count). The van der Waals surface area contributed by atoms with Crippen molar-refractivity contribution in [3.8, 4) is 6.07 Å². The summed E-state index contributed by atoms with van der Waals surface area (Å²) >= 11 is 1.98. The molecule has 0 unspecified atom stereocenters. The summed E-state index contributed by atoms with van der Waals surface area (Å²) < 4.78 is 5.89. The lowest BCUT2D eigenvalue weighted by Crippen LogP contribution is -2.24. The number of esters is 1. The topological polar surface area (TPSA) is 50.1 Å². The fourth-order valence-corrected chi connectivity index (χ4v) is 1.81. The Hall–Kier alpha value is -1.09. The summed E-state index contributed by atoms with van der Waals surface area (Å²) in [5, 5.41) is 8.85. The lowest BCUT2D eigenvalue weighted by atomic mass is 10.1. The average Bonchev–Trinajstić information content (AvgIpc) is 2.15. The van der Waals surface area contributed by atoms with E-state index in [1.165, 1.54) is 0 Å². The number of halogens is 1. The second-order valence-corrected chi connectivity index (χ2v) is 5.36. The second-order valence-electron chi connectivity index (χ2n) is 4.28. The van der Waals surface area contributed by atoms with E-state index >= 15 is 0 Å². The molecule has 0 aliphatic rings. The van der Waals surface area contributed by atoms with Crippen LogP contribution in [0.3, 0.4) is 0 Å². The van der Waals surface area contributed by atoms with Crippen molar-refractivity contribution < 1.29 is 9.53 Å². The van der Waals surface area contributed by atoms with E-state index in [1.54, 1.807) is 18.2 Å². The summed E-state index contributed by atoms with van der Waals surface area (Å²) in [7, 11) is 0. The molecule has 1 aromatic rings. The quantitative estimate of drug-likeness (QED) is 0.588. The van der Waals surface area contributed by atoms with Gasteiger partial charge in [0.05, 0.1) is 11.1 Å². The van der Waals surface area contributed by atoms with Crippen molar-refractivity contribution in [1.29, 1.82) is 5.26 Å². The van der Waals surface area contributed by atoms with Gasteiger partial charge in [-0.15, -0.1) is 0 Å². The number of nitriles is 1. The first-order valence-corrected chi connectivity index (χ1v) is 5.85. The molecule has 0 saturated heterocycles. The van der Waals surface area contributed by atoms with Crippen LogP contribution in [0, 0.1) is 14.9 Å². The number of hydrogen-bond acceptors (Lipinski definition) is 3. The Morgan fingerprint density at radius 2 is 2.06 bits per heavy atom. The number of hydrogen-bond donors (Lipinski definition) is 0. The Kier molecular flexibility index (Phi) is 3.92. The van der Waals surface area contributed by atoms with Crippen molar-refractivity contribution >= 4 is 28.6 Å². The van der Waals surface area contributed by atoms with E-state index in [4.69, 9.17) is 10.00 Å². The Morgan fingerprint density at radius 3 is 2.56 bits per heavy atom. The van der Waals surface area contributed by atoms with Gasteiger partial charge in [-0.3, -0.25) is 0 Å². The number of rotatable bonds is 1. The molecule has 4 heteroatoms. The van der Waals surface area contributed by atoms with Crippen LogP contribution < -0.4 is 0 Å². The lowest BCUT2D eigenvalue weighted by Gasteiger charge is -2.20. The third-order valence-corrected chi connectivity index (χ3v) is 2.90. The highest BCUT2D eigenvalue weighted by Gasteiger charge is 2.20. The van der Waals surface area contributed by atoms with Crippen molar-refractivity contribution in [3.05, 3.63) is 32.9 Å². The molecule has 0 aromatic heterocycles. The number of carbonyl (C=O) groups is 1. The van der Waals surface area contributed by atoms with Crippen molar-refractivity contribution in [3.63, 3.8) is 0 Å². The molecule has 0 spiro atoms. The van der Waals surface area contributed by atoms with Gasteiger partial charge in [0.25, 0.3) is 0 Å². The molecule has 0 aliphatic carbocycles. The van der Waals surface area contributed by atoms with Gasteiger partial charge < -0.3 is 4.74 Å². The smallest absolute Gasteiger partial charge is 0.339 e. The highest BCUT2D eigenvalue weighted by atomic mass is 127. The van der Waals surface area contributed by atoms with Gasteiger partial charge in [-0.1, -0.05) is 6.07 Å². The lowest BCUT2D eigenvalue weighted by molar-refractivity contribution is 0.00683. The minimum Gasteiger partial charge on any atom is -0.456 e. The van der Waals surface area contributed by atoms with E-state index in [0.717, 1.165) is 0 Å². The second kappa shape index (κ2) is 4.83. The van der Waals surface area contributed by atoms with Crippen LogP contribution in [-0.4, -0.2) is 11.6 Å². The van der Waals surface area contributed by atoms with Crippen LogP contribution in [0.15, 0.2) is 18.2 Å². The van der Waals surface area contributed by atoms with E-state index in [9.17, 15) is 4.79 Å². The molecule has 16 heavy (non-hydrogen) atoms. The molecule has 0 atom stereocenters. The van der Waals surface area contributed by atoms with E-state index in [0.29, 0.717) is 14.7 Å². The summed E-state index contributed by atoms with van der Waals surface area (Å²) in [6, 6.07) is 7.06. The van der Waals surface area contributed by atoms with E-state index in [2.05, 4.69) is 0 Å². The molecule has 3 nitrogen and oxygen atoms in total. The number of nitrogens with zero attached hydrogens (tertiary/aromatic N) is 1. The highest BCUT2D eigenvalue weighted by Crippen LogP contribution is 2.20. The minimum atomic E-state index is -0.525. The molecule has 0 N–H and O–H groups in total. The van der Waals surface area contributed by atoms with Gasteiger partial charge in [0, 0.05) is 3.57 Å². The van der Waals surface area contributed by atoms with Crippen molar-refractivity contribution in [2.45, 2.75) is 26.4 Å². The fourth-order valence-electron chi connectivity index (χ4n) is 1.11. The van der Waals surface area contributed by atoms with Gasteiger partial charge >= 0.3 is 5.97 Å². The molecule has 0 bridgehead atoms. The maximum atomic E-state index is 11.8. The van der Waals surface area contributed by atoms with Crippen LogP contribution in [0.1, 0.15) is 36.7 Å². The average molecular weight is 329 g/mol. The third kappa shape index (κ3) is 3.20. The Balaban J connectivity index is 3.07. The normalized spacial score (nSPS) is 10.7. The first-order valence-electron chi connectivity index (χ1n) is 4.77. The van der Waals surface area contributed by atoms with E-state index < -0.39 is 11.6 Å². The SMILES string of the molecule is CC(C)(C)OC(=O)c1cccc(C#N)c1I. The molecule has 0 fully saturated rings. The predicted octanol–water partition coefficient (Wildman–Crippen LogP) is 3.12. The van der Waals surface area contributed by atoms with Crippen LogP contribution in [0.25, 0.3) is 0 Å². The largest absolute Gasteiger partial charge is 0.456 e. The molecule has 0 aliphatic heterocycles. The van der Waals surface area contributed by atoms with Crippen molar-refractivity contribution in [1.82, 2.24) is 0 Å². The molecule has 84 valence electrons. The summed E-state index contributed by atoms with van der Waals surface area (Å²) in [6.45, 7) is 5.43. The number of benzene rings is 1. The van der Waals surface area contributed by atoms with E-state index in [-0.39, 0.29) is 0 Å². The molecule has 0 radical (unpaired) electrons. The zero-order valence-corrected chi connectivity index (χ0v) is 11.5. The van der Waals surface area contributed by atoms with Crippen LogP contribution in [0.2, 0.25) is 0 Å². The molecular weight excluding hydrogens is 317 g/mol. The Labute approximate surface area is 109 Å². The molecule has 0 saturated carbocycles. The van der Waals surface area contributed by atoms with Gasteiger partial charge in [0.2, 0.25) is 0 Å². The monoisotopic (exact) mass is 329 g/mol. The minimum absolute atomic E-state index is 0.394. The third-order valence-electron chi connectivity index (χ3n) is 1.74. The maximum Gasteiger partial charge on any atom is 0.339 e. The molecule has 1 aromatic carbocycles. The van der Waals surface area contributed by atoms with Crippen LogP contribution in [0.5, 0.6) is 0 Å². The highest BCUT2D eigenvalue weighted by molar-refractivity contribution is 14.1. The zero-order valence-electron chi connectivity index (χ0n) is 9.37. The first-order chi connectivity index (χ1) is 7.35. The molecule has 0 amide bonds. The van der Waals surface area contributed by atoms with Gasteiger partial charge in [-0.25, -0.2) is 4.79 Å². The van der Waals surface area contributed by atoms with Crippen LogP contribution >= 0.6 is 22.6 Å². The number of ether oxygens (including phenoxy) is 1. The van der Waals surface area contributed by atoms with Gasteiger partial charge in [0.1, 0.15) is 11.7 Å². The van der Waals surface area contributed by atoms with Crippen LogP contribution in [-0.2, 0) is 4.74 Å². The van der Waals surface area contributed by atoms with E-state index in [1.807, 2.05) is 49.4 Å². The molecular formula is C12H12INO2. The predicted molar refractivity (Wildman–Crippen MR) is 69.0 cm³/mol. The standard InChI is InChI=1S/C12H12INO2/c1-12(2,3)16-11(15)9-6-4-5-8(7-14)10(9)13/h4-6H,1-3H3. The fraction of sp³-hybridized carbons (Fsp3) is 0.333. The summed E-state index contributed by atoms with van der Waals surface area (Å²) in [4.78, 5) is 11.8. The van der Waals surface area contributed by atoms with Crippen molar-refractivity contribution in [2.75, 3.05) is 0 Å². The Bertz CT molecular complexity index is 455. The molecule has 0 heterocycles. The summed E-state index contributed by atoms with van der Waals surface area (Å²) in [5.74, 6) is -0.394. The maximum absolute atomic E-state index is 11.8. The number of carbonyl (C=O) groups excluding carboxylic acids is 1. The first kappa shape index (κ1) is 13.0. The van der Waals surface area contributed by atoms with Gasteiger partial charge in [-0.2, -0.15) is 5.26 Å². The Morgan fingerprint density at radius 1 is 1.44 bits per heavy atom. The summed E-state index contributed by atoms with van der Waals surface area (Å²) in [5.41, 5.74) is 0.404.